The molecule has 2 amide bonds. The van der Waals surface area contributed by atoms with Gasteiger partial charge in [0.15, 0.2) is 0 Å². The number of amides is 2. The maximum Gasteiger partial charge on any atom is 0.257 e. The van der Waals surface area contributed by atoms with Gasteiger partial charge < -0.3 is 10.2 Å². The Balaban J connectivity index is 1.63. The summed E-state index contributed by atoms with van der Waals surface area (Å²) in [6.45, 7) is 0.666. The molecule has 3 aromatic carbocycles. The van der Waals surface area contributed by atoms with E-state index in [4.69, 9.17) is 0 Å². The molecule has 0 radical (unpaired) electrons. The number of para-hydroxylation sites is 1. The first kappa shape index (κ1) is 15.4. The van der Waals surface area contributed by atoms with Crippen molar-refractivity contribution in [1.29, 1.82) is 0 Å². The number of benzene rings is 3. The fourth-order valence-corrected chi connectivity index (χ4v) is 3.27. The van der Waals surface area contributed by atoms with Gasteiger partial charge in [-0.2, -0.15) is 0 Å². The number of nitrogens with one attached hydrogen (secondary N) is 1. The van der Waals surface area contributed by atoms with Gasteiger partial charge in [0.1, 0.15) is 0 Å². The number of nitrogens with zero attached hydrogens (tertiary/aromatic N) is 1. The quantitative estimate of drug-likeness (QED) is 0.782. The summed E-state index contributed by atoms with van der Waals surface area (Å²) in [6.07, 6.45) is 1.38. The average molecular weight is 330 g/mol. The van der Waals surface area contributed by atoms with Crippen molar-refractivity contribution in [3.8, 4) is 0 Å². The molecule has 0 saturated carbocycles. The molecule has 124 valence electrons. The molecule has 0 spiro atoms. The molecule has 3 aromatic rings. The van der Waals surface area contributed by atoms with Crippen LogP contribution in [0.25, 0.3) is 10.8 Å². The van der Waals surface area contributed by atoms with Crippen LogP contribution < -0.4 is 10.2 Å². The molecule has 1 aliphatic rings. The van der Waals surface area contributed by atoms with E-state index < -0.39 is 0 Å². The van der Waals surface area contributed by atoms with Crippen molar-refractivity contribution < 1.29 is 9.59 Å². The number of fused-ring (bicyclic) bond motifs is 1. The molecule has 0 bridgehead atoms. The number of hydrogen-bond acceptors (Lipinski definition) is 2. The van der Waals surface area contributed by atoms with Gasteiger partial charge in [0.25, 0.3) is 5.91 Å². The van der Waals surface area contributed by atoms with Crippen molar-refractivity contribution in [1.82, 2.24) is 0 Å². The highest BCUT2D eigenvalue weighted by atomic mass is 16.2. The summed E-state index contributed by atoms with van der Waals surface area (Å²) in [6, 6.07) is 21.1. The van der Waals surface area contributed by atoms with Gasteiger partial charge >= 0.3 is 0 Å². The van der Waals surface area contributed by atoms with Crippen molar-refractivity contribution in [2.24, 2.45) is 0 Å². The monoisotopic (exact) mass is 330 g/mol. The predicted octanol–water partition coefficient (Wildman–Crippen LogP) is 4.22. The second-order valence-corrected chi connectivity index (χ2v) is 6.18. The Bertz CT molecular complexity index is 965. The summed E-state index contributed by atoms with van der Waals surface area (Å²) in [5.41, 5.74) is 1.94. The first-order chi connectivity index (χ1) is 12.2. The summed E-state index contributed by atoms with van der Waals surface area (Å²) < 4.78 is 0. The van der Waals surface area contributed by atoms with Crippen molar-refractivity contribution in [3.05, 3.63) is 72.3 Å². The molecule has 25 heavy (non-hydrogen) atoms. The van der Waals surface area contributed by atoms with E-state index in [1.54, 1.807) is 11.0 Å². The van der Waals surface area contributed by atoms with Crippen LogP contribution in [0.4, 0.5) is 11.4 Å². The molecule has 0 aromatic heterocycles. The molecular formula is C21H18N2O2. The molecule has 0 aliphatic carbocycles. The second kappa shape index (κ2) is 6.40. The Labute approximate surface area is 146 Å². The number of hydrogen-bond donors (Lipinski definition) is 1. The van der Waals surface area contributed by atoms with Gasteiger partial charge in [0.05, 0.1) is 11.3 Å². The SMILES string of the molecule is O=C(Nc1ccc2ccccc2c1)c1ccccc1N1CCCC1=O. The Morgan fingerprint density at radius 1 is 0.920 bits per heavy atom. The maximum absolute atomic E-state index is 12.8. The molecule has 0 atom stereocenters. The van der Waals surface area contributed by atoms with Crippen LogP contribution in [0.3, 0.4) is 0 Å². The molecule has 1 fully saturated rings. The van der Waals surface area contributed by atoms with Crippen molar-refractivity contribution in [3.63, 3.8) is 0 Å². The molecule has 4 heteroatoms. The largest absolute Gasteiger partial charge is 0.322 e. The molecule has 1 saturated heterocycles. The van der Waals surface area contributed by atoms with Crippen LogP contribution in [0.2, 0.25) is 0 Å². The normalized spacial score (nSPS) is 14.1. The average Bonchev–Trinajstić information content (AvgIpc) is 3.07. The fourth-order valence-electron chi connectivity index (χ4n) is 3.27. The summed E-state index contributed by atoms with van der Waals surface area (Å²) in [7, 11) is 0. The molecule has 1 aliphatic heterocycles. The van der Waals surface area contributed by atoms with Gasteiger partial charge in [-0.15, -0.1) is 0 Å². The minimum atomic E-state index is -0.203. The molecule has 1 heterocycles. The smallest absolute Gasteiger partial charge is 0.257 e. The van der Waals surface area contributed by atoms with E-state index in [9.17, 15) is 9.59 Å². The van der Waals surface area contributed by atoms with E-state index >= 15 is 0 Å². The summed E-state index contributed by atoms with van der Waals surface area (Å²) in [5, 5.41) is 5.15. The molecule has 1 N–H and O–H groups in total. The van der Waals surface area contributed by atoms with E-state index in [-0.39, 0.29) is 11.8 Å². The van der Waals surface area contributed by atoms with E-state index in [0.29, 0.717) is 24.2 Å². The summed E-state index contributed by atoms with van der Waals surface area (Å²) in [5.74, 6) is -0.128. The zero-order valence-electron chi connectivity index (χ0n) is 13.7. The van der Waals surface area contributed by atoms with Crippen LogP contribution in [0.15, 0.2) is 66.7 Å². The van der Waals surface area contributed by atoms with Gasteiger partial charge in [-0.25, -0.2) is 0 Å². The van der Waals surface area contributed by atoms with Crippen LogP contribution in [0.1, 0.15) is 23.2 Å². The minimum absolute atomic E-state index is 0.0750. The topological polar surface area (TPSA) is 49.4 Å². The number of anilines is 2. The van der Waals surface area contributed by atoms with Crippen LogP contribution in [0, 0.1) is 0 Å². The van der Waals surface area contributed by atoms with Crippen LogP contribution in [-0.4, -0.2) is 18.4 Å². The second-order valence-electron chi connectivity index (χ2n) is 6.18. The lowest BCUT2D eigenvalue weighted by molar-refractivity contribution is -0.117. The van der Waals surface area contributed by atoms with E-state index in [2.05, 4.69) is 5.32 Å². The minimum Gasteiger partial charge on any atom is -0.322 e. The zero-order chi connectivity index (χ0) is 17.2. The van der Waals surface area contributed by atoms with Crippen molar-refractivity contribution >= 4 is 34.0 Å². The fraction of sp³-hybridized carbons (Fsp3) is 0.143. The molecule has 4 rings (SSSR count). The van der Waals surface area contributed by atoms with Gasteiger partial charge in [-0.1, -0.05) is 42.5 Å². The van der Waals surface area contributed by atoms with E-state index in [1.165, 1.54) is 0 Å². The Kier molecular flexibility index (Phi) is 3.94. The third-order valence-corrected chi connectivity index (χ3v) is 4.52. The van der Waals surface area contributed by atoms with E-state index in [0.717, 1.165) is 22.9 Å². The number of rotatable bonds is 3. The predicted molar refractivity (Wildman–Crippen MR) is 99.9 cm³/mol. The maximum atomic E-state index is 12.8. The van der Waals surface area contributed by atoms with Crippen molar-refractivity contribution in [2.45, 2.75) is 12.8 Å². The highest BCUT2D eigenvalue weighted by Gasteiger charge is 2.25. The van der Waals surface area contributed by atoms with Gasteiger partial charge in [0.2, 0.25) is 5.91 Å². The first-order valence-electron chi connectivity index (χ1n) is 8.42. The van der Waals surface area contributed by atoms with E-state index in [1.807, 2.05) is 60.7 Å². The van der Waals surface area contributed by atoms with Gasteiger partial charge in [0, 0.05) is 18.7 Å². The van der Waals surface area contributed by atoms with Crippen molar-refractivity contribution in [2.75, 3.05) is 16.8 Å². The van der Waals surface area contributed by atoms with Gasteiger partial charge in [-0.3, -0.25) is 9.59 Å². The van der Waals surface area contributed by atoms with Crippen LogP contribution in [0.5, 0.6) is 0 Å². The third kappa shape index (κ3) is 2.98. The lowest BCUT2D eigenvalue weighted by Crippen LogP contribution is -2.27. The summed E-state index contributed by atoms with van der Waals surface area (Å²) in [4.78, 5) is 26.5. The highest BCUT2D eigenvalue weighted by molar-refractivity contribution is 6.11. The molecule has 0 unspecified atom stereocenters. The standard InChI is InChI=1S/C21H18N2O2/c24-20-10-5-13-23(20)19-9-4-3-8-18(19)21(25)22-17-12-11-15-6-1-2-7-16(15)14-17/h1-4,6-9,11-12,14H,5,10,13H2,(H,22,25). The molecule has 4 nitrogen and oxygen atoms in total. The van der Waals surface area contributed by atoms with Crippen LogP contribution in [-0.2, 0) is 4.79 Å². The zero-order valence-corrected chi connectivity index (χ0v) is 13.7. The lowest BCUT2D eigenvalue weighted by Gasteiger charge is -2.19. The Hall–Kier alpha value is -3.14. The number of carbonyl (C=O) groups is 2. The highest BCUT2D eigenvalue weighted by Crippen LogP contribution is 2.26. The van der Waals surface area contributed by atoms with Crippen LogP contribution >= 0.6 is 0 Å². The molecular weight excluding hydrogens is 312 g/mol. The van der Waals surface area contributed by atoms with Gasteiger partial charge in [-0.05, 0) is 41.5 Å². The third-order valence-electron chi connectivity index (χ3n) is 4.52. The Morgan fingerprint density at radius 3 is 2.48 bits per heavy atom. The summed E-state index contributed by atoms with van der Waals surface area (Å²) >= 11 is 0. The first-order valence-corrected chi connectivity index (χ1v) is 8.42. The lowest BCUT2D eigenvalue weighted by atomic mass is 10.1. The Morgan fingerprint density at radius 2 is 1.68 bits per heavy atom. The number of carbonyl (C=O) groups excluding carboxylic acids is 2.